The van der Waals surface area contributed by atoms with Crippen LogP contribution in [0.15, 0.2) is 24.3 Å². The van der Waals surface area contributed by atoms with Gasteiger partial charge >= 0.3 is 5.97 Å². The Hall–Kier alpha value is -1.35. The summed E-state index contributed by atoms with van der Waals surface area (Å²) in [5, 5.41) is 19.5. The molecule has 0 bridgehead atoms. The lowest BCUT2D eigenvalue weighted by Gasteiger charge is -2.30. The van der Waals surface area contributed by atoms with Gasteiger partial charge in [-0.2, -0.15) is 0 Å². The van der Waals surface area contributed by atoms with Crippen LogP contribution in [0, 0.1) is 11.8 Å². The highest BCUT2D eigenvalue weighted by Gasteiger charge is 2.28. The van der Waals surface area contributed by atoms with E-state index in [0.29, 0.717) is 5.56 Å². The molecule has 0 saturated heterocycles. The van der Waals surface area contributed by atoms with Crippen LogP contribution in [0.1, 0.15) is 54.6 Å². The predicted octanol–water partition coefficient (Wildman–Crippen LogP) is 3.24. The minimum atomic E-state index is -0.964. The molecule has 1 atom stereocenters. The van der Waals surface area contributed by atoms with Gasteiger partial charge in [-0.05, 0) is 36.3 Å². The highest BCUT2D eigenvalue weighted by molar-refractivity contribution is 5.89. The van der Waals surface area contributed by atoms with Crippen LogP contribution in [0.2, 0.25) is 0 Å². The summed E-state index contributed by atoms with van der Waals surface area (Å²) < 4.78 is 0. The van der Waals surface area contributed by atoms with Gasteiger partial charge in [-0.25, -0.2) is 4.79 Å². The number of aromatic carboxylic acids is 1. The molecule has 1 saturated carbocycles. The Balaban J connectivity index is 2.18. The van der Waals surface area contributed by atoms with Crippen LogP contribution in [-0.2, 0) is 0 Å². The van der Waals surface area contributed by atoms with E-state index < -0.39 is 12.1 Å². The molecular formula is C15H20O3. The van der Waals surface area contributed by atoms with Crippen molar-refractivity contribution in [2.45, 2.75) is 38.7 Å². The van der Waals surface area contributed by atoms with E-state index in [-0.39, 0.29) is 11.5 Å². The molecule has 1 unspecified atom stereocenters. The normalized spacial score (nSPS) is 25.7. The first-order valence-corrected chi connectivity index (χ1v) is 6.60. The lowest BCUT2D eigenvalue weighted by Crippen LogP contribution is -2.21. The van der Waals surface area contributed by atoms with Gasteiger partial charge in [0.1, 0.15) is 0 Å². The predicted molar refractivity (Wildman–Crippen MR) is 69.5 cm³/mol. The summed E-state index contributed by atoms with van der Waals surface area (Å²) in [6, 6.07) is 6.78. The Labute approximate surface area is 107 Å². The maximum atomic E-state index is 11.1. The highest BCUT2D eigenvalue weighted by atomic mass is 16.4. The number of rotatable bonds is 3. The van der Waals surface area contributed by atoms with Crippen molar-refractivity contribution in [3.05, 3.63) is 35.4 Å². The van der Waals surface area contributed by atoms with Gasteiger partial charge in [0.25, 0.3) is 0 Å². The molecule has 0 aliphatic heterocycles. The third-order valence-corrected chi connectivity index (χ3v) is 4.02. The van der Waals surface area contributed by atoms with Crippen LogP contribution in [0.3, 0.4) is 0 Å². The van der Waals surface area contributed by atoms with E-state index in [9.17, 15) is 9.90 Å². The van der Waals surface area contributed by atoms with Crippen LogP contribution in [0.25, 0.3) is 0 Å². The third kappa shape index (κ3) is 2.72. The van der Waals surface area contributed by atoms with Crippen molar-refractivity contribution in [1.82, 2.24) is 0 Å². The summed E-state index contributed by atoms with van der Waals surface area (Å²) in [4.78, 5) is 11.1. The lowest BCUT2D eigenvalue weighted by molar-refractivity contribution is 0.0636. The summed E-state index contributed by atoms with van der Waals surface area (Å²) in [5.74, 6) is -0.0429. The molecule has 0 aromatic heterocycles. The molecule has 1 aromatic carbocycles. The Morgan fingerprint density at radius 3 is 2.44 bits per heavy atom. The smallest absolute Gasteiger partial charge is 0.336 e. The second kappa shape index (κ2) is 5.53. The SMILES string of the molecule is CC1CCC(C(O)c2ccccc2C(=O)O)CC1. The zero-order valence-electron chi connectivity index (χ0n) is 10.7. The van der Waals surface area contributed by atoms with Gasteiger partial charge in [0, 0.05) is 0 Å². The number of carboxylic acids is 1. The van der Waals surface area contributed by atoms with Gasteiger partial charge in [0.2, 0.25) is 0 Å². The Kier molecular flexibility index (Phi) is 4.02. The number of hydrogen-bond donors (Lipinski definition) is 2. The van der Waals surface area contributed by atoms with Crippen LogP contribution < -0.4 is 0 Å². The maximum absolute atomic E-state index is 11.1. The molecule has 1 aromatic rings. The van der Waals surface area contributed by atoms with Crippen molar-refractivity contribution in [2.75, 3.05) is 0 Å². The van der Waals surface area contributed by atoms with Gasteiger partial charge in [0.15, 0.2) is 0 Å². The Bertz CT molecular complexity index is 420. The quantitative estimate of drug-likeness (QED) is 0.863. The second-order valence-electron chi connectivity index (χ2n) is 5.36. The topological polar surface area (TPSA) is 57.5 Å². The fourth-order valence-corrected chi connectivity index (χ4v) is 2.81. The van der Waals surface area contributed by atoms with Crippen LogP contribution in [0.4, 0.5) is 0 Å². The average Bonchev–Trinajstić information content (AvgIpc) is 2.39. The molecule has 1 aliphatic rings. The van der Waals surface area contributed by atoms with E-state index in [1.807, 2.05) is 0 Å². The number of carboxylic acid groups (broad SMARTS) is 1. The fraction of sp³-hybridized carbons (Fsp3) is 0.533. The molecule has 1 fully saturated rings. The summed E-state index contributed by atoms with van der Waals surface area (Å²) >= 11 is 0. The fourth-order valence-electron chi connectivity index (χ4n) is 2.81. The first-order valence-electron chi connectivity index (χ1n) is 6.60. The molecule has 2 rings (SSSR count). The van der Waals surface area contributed by atoms with Gasteiger partial charge in [-0.1, -0.05) is 38.0 Å². The summed E-state index contributed by atoms with van der Waals surface area (Å²) in [7, 11) is 0. The number of carbonyl (C=O) groups is 1. The van der Waals surface area contributed by atoms with E-state index in [1.54, 1.807) is 24.3 Å². The lowest BCUT2D eigenvalue weighted by atomic mass is 9.78. The van der Waals surface area contributed by atoms with Gasteiger partial charge in [-0.3, -0.25) is 0 Å². The first kappa shape index (κ1) is 13.1. The van der Waals surface area contributed by atoms with Crippen LogP contribution in [-0.4, -0.2) is 16.2 Å². The molecule has 3 heteroatoms. The summed E-state index contributed by atoms with van der Waals surface area (Å²) in [6.45, 7) is 2.23. The van der Waals surface area contributed by atoms with Crippen molar-refractivity contribution in [3.63, 3.8) is 0 Å². The van der Waals surface area contributed by atoms with Crippen molar-refractivity contribution in [3.8, 4) is 0 Å². The van der Waals surface area contributed by atoms with E-state index >= 15 is 0 Å². The zero-order chi connectivity index (χ0) is 13.1. The summed E-state index contributed by atoms with van der Waals surface area (Å²) in [5.41, 5.74) is 0.785. The molecular weight excluding hydrogens is 228 g/mol. The van der Waals surface area contributed by atoms with E-state index in [0.717, 1.165) is 31.6 Å². The van der Waals surface area contributed by atoms with Crippen LogP contribution >= 0.6 is 0 Å². The zero-order valence-corrected chi connectivity index (χ0v) is 10.7. The van der Waals surface area contributed by atoms with Gasteiger partial charge in [0.05, 0.1) is 11.7 Å². The minimum Gasteiger partial charge on any atom is -0.478 e. The number of hydrogen-bond acceptors (Lipinski definition) is 2. The van der Waals surface area contributed by atoms with Crippen molar-refractivity contribution in [2.24, 2.45) is 11.8 Å². The van der Waals surface area contributed by atoms with E-state index in [2.05, 4.69) is 6.92 Å². The second-order valence-corrected chi connectivity index (χ2v) is 5.36. The van der Waals surface area contributed by atoms with Crippen molar-refractivity contribution < 1.29 is 15.0 Å². The number of aliphatic hydroxyl groups excluding tert-OH is 1. The molecule has 3 nitrogen and oxygen atoms in total. The third-order valence-electron chi connectivity index (χ3n) is 4.02. The molecule has 18 heavy (non-hydrogen) atoms. The van der Waals surface area contributed by atoms with Crippen molar-refractivity contribution in [1.29, 1.82) is 0 Å². The Morgan fingerprint density at radius 1 is 1.22 bits per heavy atom. The van der Waals surface area contributed by atoms with E-state index in [1.165, 1.54) is 0 Å². The molecule has 0 spiro atoms. The Morgan fingerprint density at radius 2 is 1.83 bits per heavy atom. The number of benzene rings is 1. The van der Waals surface area contributed by atoms with E-state index in [4.69, 9.17) is 5.11 Å². The maximum Gasteiger partial charge on any atom is 0.336 e. The largest absolute Gasteiger partial charge is 0.478 e. The summed E-state index contributed by atoms with van der Waals surface area (Å²) in [6.07, 6.45) is 3.56. The monoisotopic (exact) mass is 248 g/mol. The molecule has 0 heterocycles. The van der Waals surface area contributed by atoms with Gasteiger partial charge in [-0.15, -0.1) is 0 Å². The molecule has 0 radical (unpaired) electrons. The molecule has 2 N–H and O–H groups in total. The first-order chi connectivity index (χ1) is 8.59. The molecule has 98 valence electrons. The minimum absolute atomic E-state index is 0.196. The van der Waals surface area contributed by atoms with Crippen molar-refractivity contribution >= 4 is 5.97 Å². The standard InChI is InChI=1S/C15H20O3/c1-10-6-8-11(9-7-10)14(16)12-4-2-3-5-13(12)15(17)18/h2-5,10-11,14,16H,6-9H2,1H3,(H,17,18). The van der Waals surface area contributed by atoms with Gasteiger partial charge < -0.3 is 10.2 Å². The van der Waals surface area contributed by atoms with Crippen LogP contribution in [0.5, 0.6) is 0 Å². The highest BCUT2D eigenvalue weighted by Crippen LogP contribution is 2.37. The number of aliphatic hydroxyl groups is 1. The molecule has 0 amide bonds. The average molecular weight is 248 g/mol. The molecule has 1 aliphatic carbocycles.